The van der Waals surface area contributed by atoms with Gasteiger partial charge in [0.05, 0.1) is 0 Å². The summed E-state index contributed by atoms with van der Waals surface area (Å²) >= 11 is 0. The Morgan fingerprint density at radius 2 is 2.08 bits per heavy atom. The molecule has 0 unspecified atom stereocenters. The van der Waals surface area contributed by atoms with E-state index in [0.29, 0.717) is 0 Å². The Morgan fingerprint density at radius 3 is 2.50 bits per heavy atom. The molecule has 1 heterocycles. The van der Waals surface area contributed by atoms with Crippen LogP contribution in [0.15, 0.2) is 12.3 Å². The molecule has 12 heavy (non-hydrogen) atoms. The molecule has 1 rings (SSSR count). The minimum Gasteiger partial charge on any atom is -0.445 e. The monoisotopic (exact) mass is 168 g/mol. The van der Waals surface area contributed by atoms with E-state index in [0.717, 1.165) is 0 Å². The van der Waals surface area contributed by atoms with Crippen LogP contribution in [-0.4, -0.2) is 22.3 Å². The number of carbonyl (C=O) groups excluding carboxylic acids is 1. The van der Waals surface area contributed by atoms with Gasteiger partial charge in [-0.05, 0) is 6.58 Å². The van der Waals surface area contributed by atoms with Gasteiger partial charge in [0, 0.05) is 13.8 Å². The maximum Gasteiger partial charge on any atom is 0.440 e. The van der Waals surface area contributed by atoms with E-state index in [4.69, 9.17) is 15.0 Å². The van der Waals surface area contributed by atoms with Gasteiger partial charge < -0.3 is 15.0 Å². The van der Waals surface area contributed by atoms with Crippen molar-refractivity contribution in [3.8, 4) is 0 Å². The molecule has 0 N–H and O–H groups in total. The summed E-state index contributed by atoms with van der Waals surface area (Å²) in [6.45, 7) is 6.52. The lowest BCUT2D eigenvalue weighted by atomic mass is 10.2. The molecule has 5 nitrogen and oxygen atoms in total. The van der Waals surface area contributed by atoms with Crippen molar-refractivity contribution < 1.29 is 19.1 Å². The van der Waals surface area contributed by atoms with E-state index < -0.39 is 11.8 Å². The number of rotatable bonds is 0. The van der Waals surface area contributed by atoms with Crippen LogP contribution in [0.3, 0.4) is 0 Å². The van der Waals surface area contributed by atoms with Crippen LogP contribution in [0.5, 0.6) is 0 Å². The third kappa shape index (κ3) is 1.35. The van der Waals surface area contributed by atoms with E-state index >= 15 is 0 Å². The highest BCUT2D eigenvalue weighted by Crippen LogP contribution is 2.21. The molecule has 0 atom stereocenters. The van der Waals surface area contributed by atoms with Crippen LogP contribution in [0.25, 0.3) is 5.53 Å². The molecule has 0 bridgehead atoms. The maximum absolute atomic E-state index is 11.0. The van der Waals surface area contributed by atoms with Gasteiger partial charge >= 0.3 is 11.7 Å². The van der Waals surface area contributed by atoms with Crippen molar-refractivity contribution >= 4 is 11.7 Å². The van der Waals surface area contributed by atoms with E-state index in [1.165, 1.54) is 0 Å². The lowest BCUT2D eigenvalue weighted by Crippen LogP contribution is -2.42. The molecule has 0 aliphatic carbocycles. The Hall–Kier alpha value is -1.61. The largest absolute Gasteiger partial charge is 0.445 e. The Morgan fingerprint density at radius 1 is 1.50 bits per heavy atom. The van der Waals surface area contributed by atoms with E-state index in [2.05, 4.69) is 11.4 Å². The van der Waals surface area contributed by atoms with Gasteiger partial charge in [0.1, 0.15) is 0 Å². The van der Waals surface area contributed by atoms with Gasteiger partial charge in [-0.1, -0.05) is 0 Å². The minimum atomic E-state index is -1.04. The summed E-state index contributed by atoms with van der Waals surface area (Å²) in [4.78, 5) is 13.7. The SMILES string of the molecule is C=C1OC(C)(C)OC(=O)C1=[N+]=[N-]. The smallest absolute Gasteiger partial charge is 0.440 e. The highest BCUT2D eigenvalue weighted by atomic mass is 16.7. The van der Waals surface area contributed by atoms with Crippen LogP contribution in [0, 0.1) is 0 Å². The second-order valence-corrected chi connectivity index (χ2v) is 2.76. The molecule has 0 aromatic rings. The molecule has 1 aliphatic rings. The predicted octanol–water partition coefficient (Wildman–Crippen LogP) is 0.480. The second kappa shape index (κ2) is 2.46. The van der Waals surface area contributed by atoms with Crippen molar-refractivity contribution in [2.45, 2.75) is 19.6 Å². The minimum absolute atomic E-state index is 0.0127. The number of hydrogen-bond acceptors (Lipinski definition) is 3. The third-order valence-corrected chi connectivity index (χ3v) is 1.26. The summed E-state index contributed by atoms with van der Waals surface area (Å²) in [6, 6.07) is 0. The fraction of sp³-hybridized carbons (Fsp3) is 0.429. The molecule has 0 amide bonds. The fourth-order valence-corrected chi connectivity index (χ4v) is 0.848. The Balaban J connectivity index is 3.00. The molecular formula is C7H8N2O3. The van der Waals surface area contributed by atoms with Gasteiger partial charge in [-0.2, -0.15) is 4.79 Å². The first-order chi connectivity index (χ1) is 5.46. The lowest BCUT2D eigenvalue weighted by molar-refractivity contribution is -0.207. The van der Waals surface area contributed by atoms with Gasteiger partial charge in [0.25, 0.3) is 0 Å². The molecule has 0 aromatic carbocycles. The topological polar surface area (TPSA) is 71.9 Å². The molecule has 0 saturated carbocycles. The molecule has 0 spiro atoms. The fourth-order valence-electron chi connectivity index (χ4n) is 0.848. The van der Waals surface area contributed by atoms with Crippen LogP contribution in [0.4, 0.5) is 0 Å². The highest BCUT2D eigenvalue weighted by Gasteiger charge is 2.42. The Bertz CT molecular complexity index is 278. The molecule has 5 heteroatoms. The zero-order valence-electron chi connectivity index (χ0n) is 6.83. The molecule has 64 valence electrons. The molecule has 0 radical (unpaired) electrons. The summed E-state index contributed by atoms with van der Waals surface area (Å²) in [5.74, 6) is -1.76. The average Bonchev–Trinajstić information content (AvgIpc) is 1.82. The second-order valence-electron chi connectivity index (χ2n) is 2.76. The van der Waals surface area contributed by atoms with Crippen LogP contribution in [0.1, 0.15) is 13.8 Å². The van der Waals surface area contributed by atoms with Crippen molar-refractivity contribution in [2.24, 2.45) is 0 Å². The molecule has 1 fully saturated rings. The van der Waals surface area contributed by atoms with Gasteiger partial charge in [-0.25, -0.2) is 4.79 Å². The molecule has 0 aromatic heterocycles. The normalized spacial score (nSPS) is 21.0. The number of esters is 1. The first-order valence-electron chi connectivity index (χ1n) is 3.30. The molecule has 1 aliphatic heterocycles. The van der Waals surface area contributed by atoms with Crippen LogP contribution in [-0.2, 0) is 14.3 Å². The first kappa shape index (κ1) is 8.49. The number of hydrogen-bond donors (Lipinski definition) is 0. The standard InChI is InChI=1S/C7H8N2O3/c1-4-5(9-8)6(10)12-7(2,3)11-4/h1H2,2-3H3. The van der Waals surface area contributed by atoms with Crippen molar-refractivity contribution in [1.82, 2.24) is 0 Å². The summed E-state index contributed by atoms with van der Waals surface area (Å²) < 4.78 is 9.75. The molecule has 1 saturated heterocycles. The van der Waals surface area contributed by atoms with Crippen LogP contribution in [0.2, 0.25) is 0 Å². The van der Waals surface area contributed by atoms with Crippen molar-refractivity contribution in [1.29, 1.82) is 0 Å². The van der Waals surface area contributed by atoms with E-state index in [-0.39, 0.29) is 11.5 Å². The van der Waals surface area contributed by atoms with E-state index in [9.17, 15) is 4.79 Å². The average molecular weight is 168 g/mol. The zero-order chi connectivity index (χ0) is 9.35. The van der Waals surface area contributed by atoms with Gasteiger partial charge in [0.2, 0.25) is 11.5 Å². The number of cyclic esters (lactones) is 1. The summed E-state index contributed by atoms with van der Waals surface area (Å²) in [7, 11) is 0. The summed E-state index contributed by atoms with van der Waals surface area (Å²) in [6.07, 6.45) is 0. The number of ether oxygens (including phenoxy) is 2. The summed E-state index contributed by atoms with van der Waals surface area (Å²) in [5, 5.41) is 0. The lowest BCUT2D eigenvalue weighted by Gasteiger charge is -2.28. The number of nitrogens with zero attached hydrogens (tertiary/aromatic N) is 2. The van der Waals surface area contributed by atoms with Crippen molar-refractivity contribution in [3.05, 3.63) is 17.9 Å². The summed E-state index contributed by atoms with van der Waals surface area (Å²) in [5.41, 5.74) is 8.05. The quantitative estimate of drug-likeness (QED) is 0.300. The van der Waals surface area contributed by atoms with Crippen molar-refractivity contribution in [3.63, 3.8) is 0 Å². The van der Waals surface area contributed by atoms with E-state index in [1.54, 1.807) is 13.8 Å². The first-order valence-corrected chi connectivity index (χ1v) is 3.30. The van der Waals surface area contributed by atoms with E-state index in [1.807, 2.05) is 0 Å². The van der Waals surface area contributed by atoms with Gasteiger partial charge in [-0.15, -0.1) is 0 Å². The highest BCUT2D eigenvalue weighted by molar-refractivity contribution is 6.40. The van der Waals surface area contributed by atoms with Gasteiger partial charge in [-0.3, -0.25) is 0 Å². The predicted molar refractivity (Wildman–Crippen MR) is 39.0 cm³/mol. The maximum atomic E-state index is 11.0. The van der Waals surface area contributed by atoms with Gasteiger partial charge in [0.15, 0.2) is 0 Å². The Kier molecular flexibility index (Phi) is 1.74. The van der Waals surface area contributed by atoms with Crippen LogP contribution < -0.4 is 0 Å². The zero-order valence-corrected chi connectivity index (χ0v) is 6.83. The Labute approximate surface area is 69.2 Å². The van der Waals surface area contributed by atoms with Crippen molar-refractivity contribution in [2.75, 3.05) is 0 Å². The third-order valence-electron chi connectivity index (χ3n) is 1.26. The van der Waals surface area contributed by atoms with Crippen LogP contribution >= 0.6 is 0 Å². The number of carbonyl (C=O) groups is 1. The molecular weight excluding hydrogens is 160 g/mol.